The zero-order chi connectivity index (χ0) is 9.26. The average Bonchev–Trinajstić information content (AvgIpc) is 2.64. The molecule has 6 heteroatoms. The van der Waals surface area contributed by atoms with Gasteiger partial charge in [0.1, 0.15) is 0 Å². The molecule has 2 rings (SSSR count). The van der Waals surface area contributed by atoms with Gasteiger partial charge in [-0.2, -0.15) is 4.98 Å². The van der Waals surface area contributed by atoms with Gasteiger partial charge >= 0.3 is 0 Å². The van der Waals surface area contributed by atoms with Gasteiger partial charge in [-0.1, -0.05) is 5.16 Å². The van der Waals surface area contributed by atoms with Gasteiger partial charge in [-0.15, -0.1) is 0 Å². The number of rotatable bonds is 2. The fraction of sp³-hybridized carbons (Fsp3) is 0.714. The minimum Gasteiger partial charge on any atom is -0.389 e. The van der Waals surface area contributed by atoms with E-state index in [1.807, 2.05) is 4.90 Å². The lowest BCUT2D eigenvalue weighted by Gasteiger charge is -2.10. The summed E-state index contributed by atoms with van der Waals surface area (Å²) >= 11 is 0. The quantitative estimate of drug-likeness (QED) is 0.590. The minimum atomic E-state index is -0.660. The predicted octanol–water partition coefficient (Wildman–Crippen LogP) is -1.39. The Balaban J connectivity index is 1.91. The molecule has 0 unspecified atom stereocenters. The Hall–Kier alpha value is -0.980. The number of aliphatic hydroxyl groups excluding tert-OH is 2. The zero-order valence-electron chi connectivity index (χ0n) is 7.00. The zero-order valence-corrected chi connectivity index (χ0v) is 7.00. The maximum absolute atomic E-state index is 9.24. The van der Waals surface area contributed by atoms with Crippen LogP contribution in [0.2, 0.25) is 0 Å². The monoisotopic (exact) mass is 185 g/mol. The molecular formula is C7H11N3O3. The van der Waals surface area contributed by atoms with Gasteiger partial charge in [-0.25, -0.2) is 0 Å². The van der Waals surface area contributed by atoms with E-state index in [0.717, 1.165) is 0 Å². The average molecular weight is 185 g/mol. The van der Waals surface area contributed by atoms with Gasteiger partial charge in [0.15, 0.2) is 5.82 Å². The van der Waals surface area contributed by atoms with E-state index in [0.29, 0.717) is 25.5 Å². The number of aromatic nitrogens is 2. The first-order valence-electron chi connectivity index (χ1n) is 4.09. The Bertz CT molecular complexity index is 254. The molecule has 2 N–H and O–H groups in total. The topological polar surface area (TPSA) is 82.6 Å². The summed E-state index contributed by atoms with van der Waals surface area (Å²) in [5.41, 5.74) is 0. The smallest absolute Gasteiger partial charge is 0.213 e. The van der Waals surface area contributed by atoms with Crippen LogP contribution < -0.4 is 0 Å². The van der Waals surface area contributed by atoms with E-state index >= 15 is 0 Å². The van der Waals surface area contributed by atoms with Gasteiger partial charge in [-0.3, -0.25) is 4.90 Å². The fourth-order valence-corrected chi connectivity index (χ4v) is 1.44. The van der Waals surface area contributed by atoms with Crippen molar-refractivity contribution in [1.82, 2.24) is 15.0 Å². The van der Waals surface area contributed by atoms with Crippen molar-refractivity contribution in [3.63, 3.8) is 0 Å². The van der Waals surface area contributed by atoms with Crippen LogP contribution in [0.1, 0.15) is 5.82 Å². The van der Waals surface area contributed by atoms with E-state index in [2.05, 4.69) is 14.7 Å². The Morgan fingerprint density at radius 1 is 1.46 bits per heavy atom. The first-order chi connectivity index (χ1) is 6.25. The van der Waals surface area contributed by atoms with Crippen molar-refractivity contribution in [3.8, 4) is 0 Å². The molecule has 0 aromatic carbocycles. The van der Waals surface area contributed by atoms with Crippen molar-refractivity contribution in [2.24, 2.45) is 0 Å². The van der Waals surface area contributed by atoms with Crippen LogP contribution in [0, 0.1) is 0 Å². The number of hydrogen-bond donors (Lipinski definition) is 2. The summed E-state index contributed by atoms with van der Waals surface area (Å²) in [6.45, 7) is 1.41. The number of likely N-dealkylation sites (tertiary alicyclic amines) is 1. The molecular weight excluding hydrogens is 174 g/mol. The van der Waals surface area contributed by atoms with Crippen LogP contribution in [0.3, 0.4) is 0 Å². The molecule has 13 heavy (non-hydrogen) atoms. The molecule has 1 aliphatic heterocycles. The first-order valence-corrected chi connectivity index (χ1v) is 4.09. The molecule has 0 amide bonds. The van der Waals surface area contributed by atoms with Crippen LogP contribution in [0.15, 0.2) is 10.9 Å². The highest BCUT2D eigenvalue weighted by Crippen LogP contribution is 2.11. The van der Waals surface area contributed by atoms with Crippen LogP contribution in [-0.4, -0.2) is 50.6 Å². The number of aliphatic hydroxyl groups is 2. The summed E-state index contributed by atoms with van der Waals surface area (Å²) in [6, 6.07) is 0. The Kier molecular flexibility index (Phi) is 2.26. The third-order valence-electron chi connectivity index (χ3n) is 2.11. The highest BCUT2D eigenvalue weighted by atomic mass is 16.5. The van der Waals surface area contributed by atoms with Gasteiger partial charge in [0.05, 0.1) is 18.8 Å². The summed E-state index contributed by atoms with van der Waals surface area (Å²) in [5.74, 6) is 0.571. The molecule has 0 saturated carbocycles. The lowest BCUT2D eigenvalue weighted by molar-refractivity contribution is 0.0572. The Morgan fingerprint density at radius 3 is 2.69 bits per heavy atom. The fourth-order valence-electron chi connectivity index (χ4n) is 1.44. The van der Waals surface area contributed by atoms with Gasteiger partial charge in [-0.05, 0) is 0 Å². The summed E-state index contributed by atoms with van der Waals surface area (Å²) in [7, 11) is 0. The van der Waals surface area contributed by atoms with Crippen molar-refractivity contribution in [3.05, 3.63) is 12.2 Å². The second-order valence-electron chi connectivity index (χ2n) is 3.18. The maximum Gasteiger partial charge on any atom is 0.213 e. The molecule has 1 saturated heterocycles. The van der Waals surface area contributed by atoms with Crippen LogP contribution in [0.4, 0.5) is 0 Å². The molecule has 1 aliphatic rings. The van der Waals surface area contributed by atoms with Crippen molar-refractivity contribution in [1.29, 1.82) is 0 Å². The second-order valence-corrected chi connectivity index (χ2v) is 3.18. The minimum absolute atomic E-state index is 0.454. The molecule has 6 nitrogen and oxygen atoms in total. The molecule has 1 fully saturated rings. The predicted molar refractivity (Wildman–Crippen MR) is 41.6 cm³/mol. The third kappa shape index (κ3) is 1.85. The molecule has 1 aromatic heterocycles. The van der Waals surface area contributed by atoms with E-state index in [9.17, 15) is 10.2 Å². The van der Waals surface area contributed by atoms with Crippen molar-refractivity contribution >= 4 is 0 Å². The van der Waals surface area contributed by atoms with Crippen LogP contribution in [-0.2, 0) is 6.54 Å². The van der Waals surface area contributed by atoms with E-state index in [4.69, 9.17) is 0 Å². The molecule has 2 heterocycles. The highest BCUT2D eigenvalue weighted by Gasteiger charge is 2.29. The lowest BCUT2D eigenvalue weighted by atomic mass is 10.3. The maximum atomic E-state index is 9.24. The van der Waals surface area contributed by atoms with E-state index in [1.54, 1.807) is 0 Å². The van der Waals surface area contributed by atoms with Crippen molar-refractivity contribution in [2.75, 3.05) is 13.1 Å². The number of nitrogens with zero attached hydrogens (tertiary/aromatic N) is 3. The molecule has 1 aromatic rings. The molecule has 0 radical (unpaired) electrons. The van der Waals surface area contributed by atoms with E-state index in [-0.39, 0.29) is 0 Å². The normalized spacial score (nSPS) is 29.7. The van der Waals surface area contributed by atoms with Gasteiger partial charge in [0.2, 0.25) is 6.39 Å². The van der Waals surface area contributed by atoms with E-state index in [1.165, 1.54) is 6.39 Å². The van der Waals surface area contributed by atoms with Gasteiger partial charge in [0, 0.05) is 13.1 Å². The molecule has 72 valence electrons. The number of β-amino-alcohol motifs (C(OH)–C–C–N with tert-alkyl or cyclic N) is 2. The van der Waals surface area contributed by atoms with Crippen LogP contribution in [0.25, 0.3) is 0 Å². The summed E-state index contributed by atoms with van der Waals surface area (Å²) in [6.07, 6.45) is -0.0584. The van der Waals surface area contributed by atoms with Gasteiger partial charge in [0.25, 0.3) is 0 Å². The van der Waals surface area contributed by atoms with Crippen molar-refractivity contribution < 1.29 is 14.7 Å². The summed E-state index contributed by atoms with van der Waals surface area (Å²) in [5, 5.41) is 22.1. The lowest BCUT2D eigenvalue weighted by Crippen LogP contribution is -2.22. The second kappa shape index (κ2) is 3.41. The molecule has 0 bridgehead atoms. The standard InChI is InChI=1S/C7H11N3O3/c11-5-1-10(2-6(5)12)3-7-8-4-13-9-7/h4-6,11-12H,1-3H2/t5-,6+. The van der Waals surface area contributed by atoms with E-state index < -0.39 is 12.2 Å². The molecule has 0 aliphatic carbocycles. The van der Waals surface area contributed by atoms with Crippen LogP contribution in [0.5, 0.6) is 0 Å². The Morgan fingerprint density at radius 2 is 2.15 bits per heavy atom. The number of hydrogen-bond acceptors (Lipinski definition) is 6. The van der Waals surface area contributed by atoms with Crippen LogP contribution >= 0.6 is 0 Å². The van der Waals surface area contributed by atoms with Gasteiger partial charge < -0.3 is 14.7 Å². The summed E-state index contributed by atoms with van der Waals surface area (Å²) in [4.78, 5) is 5.72. The Labute approximate surface area is 74.8 Å². The molecule has 2 atom stereocenters. The largest absolute Gasteiger partial charge is 0.389 e. The highest BCUT2D eigenvalue weighted by molar-refractivity contribution is 4.87. The first kappa shape index (κ1) is 8.61. The van der Waals surface area contributed by atoms with Crippen molar-refractivity contribution in [2.45, 2.75) is 18.8 Å². The SMILES string of the molecule is O[C@@H]1CN(Cc2ncon2)C[C@@H]1O. The third-order valence-corrected chi connectivity index (χ3v) is 2.11. The summed E-state index contributed by atoms with van der Waals surface area (Å²) < 4.78 is 4.57. The molecule has 0 spiro atoms.